The van der Waals surface area contributed by atoms with Crippen molar-refractivity contribution in [3.05, 3.63) is 83.8 Å². The minimum atomic E-state index is -0.664. The zero-order valence-electron chi connectivity index (χ0n) is 20.9. The molecule has 4 rings (SSSR count). The minimum Gasteiger partial charge on any atom is -0.486 e. The SMILES string of the molecule is COCCN1C(N)=C(C#N)[C@H](c2cc(Cl)c(OCc3ccc(I)cc3)c(Cl)c2)C2=C1CC(C)(C)CC2=O. The number of allylic oxidation sites excluding steroid dienone is 3. The van der Waals surface area contributed by atoms with Crippen LogP contribution in [0.5, 0.6) is 5.75 Å². The van der Waals surface area contributed by atoms with Crippen LogP contribution in [0.3, 0.4) is 0 Å². The second-order valence-corrected chi connectivity index (χ2v) is 12.1. The third kappa shape index (κ3) is 5.78. The van der Waals surface area contributed by atoms with Gasteiger partial charge in [0.1, 0.15) is 12.4 Å². The summed E-state index contributed by atoms with van der Waals surface area (Å²) in [6.45, 7) is 5.26. The Kier molecular flexibility index (Phi) is 8.44. The molecule has 1 aliphatic carbocycles. The van der Waals surface area contributed by atoms with E-state index in [0.717, 1.165) is 14.8 Å². The topological polar surface area (TPSA) is 88.6 Å². The van der Waals surface area contributed by atoms with Crippen molar-refractivity contribution >= 4 is 51.6 Å². The predicted molar refractivity (Wildman–Crippen MR) is 153 cm³/mol. The average Bonchev–Trinajstić information content (AvgIpc) is 2.82. The lowest BCUT2D eigenvalue weighted by molar-refractivity contribution is -0.118. The first-order valence-corrected chi connectivity index (χ1v) is 13.7. The van der Waals surface area contributed by atoms with Crippen LogP contribution in [-0.2, 0) is 16.1 Å². The van der Waals surface area contributed by atoms with E-state index >= 15 is 0 Å². The number of methoxy groups -OCH3 is 1. The zero-order chi connectivity index (χ0) is 26.9. The predicted octanol–water partition coefficient (Wildman–Crippen LogP) is 6.56. The largest absolute Gasteiger partial charge is 0.486 e. The molecule has 6 nitrogen and oxygen atoms in total. The van der Waals surface area contributed by atoms with Gasteiger partial charge in [0.05, 0.1) is 34.2 Å². The van der Waals surface area contributed by atoms with E-state index in [0.29, 0.717) is 70.9 Å². The summed E-state index contributed by atoms with van der Waals surface area (Å²) in [7, 11) is 1.61. The quantitative estimate of drug-likeness (QED) is 0.341. The van der Waals surface area contributed by atoms with E-state index in [-0.39, 0.29) is 11.2 Å². The number of nitriles is 1. The van der Waals surface area contributed by atoms with Crippen molar-refractivity contribution < 1.29 is 14.3 Å². The van der Waals surface area contributed by atoms with Crippen LogP contribution < -0.4 is 10.5 Å². The van der Waals surface area contributed by atoms with E-state index in [1.807, 2.05) is 29.2 Å². The van der Waals surface area contributed by atoms with Gasteiger partial charge in [0.25, 0.3) is 0 Å². The van der Waals surface area contributed by atoms with Crippen LogP contribution >= 0.6 is 45.8 Å². The van der Waals surface area contributed by atoms with Gasteiger partial charge in [-0.05, 0) is 69.8 Å². The van der Waals surface area contributed by atoms with Crippen LogP contribution in [0.15, 0.2) is 59.1 Å². The molecule has 2 aliphatic rings. The Bertz CT molecular complexity index is 1310. The number of halogens is 3. The summed E-state index contributed by atoms with van der Waals surface area (Å²) in [5.41, 5.74) is 9.62. The van der Waals surface area contributed by atoms with Crippen LogP contribution in [0.25, 0.3) is 0 Å². The lowest BCUT2D eigenvalue weighted by Gasteiger charge is -2.43. The van der Waals surface area contributed by atoms with E-state index in [1.54, 1.807) is 19.2 Å². The lowest BCUT2D eigenvalue weighted by Crippen LogP contribution is -2.43. The van der Waals surface area contributed by atoms with Crippen LogP contribution in [0, 0.1) is 20.3 Å². The highest BCUT2D eigenvalue weighted by Crippen LogP contribution is 2.50. The number of benzene rings is 2. The standard InChI is InChI=1S/C28H28Cl2IN3O3/c1-28(2)12-22-25(23(35)13-28)24(19(14-32)27(33)34(22)8-9-36-3)17-10-20(29)26(21(30)11-17)37-15-16-4-6-18(31)7-5-16/h4-7,10-11,24H,8-9,12-13,15,33H2,1-3H3/t24-/m0/s1. The molecule has 0 saturated heterocycles. The normalized spacial score (nSPS) is 19.1. The first-order chi connectivity index (χ1) is 17.6. The molecule has 194 valence electrons. The number of carbonyl (C=O) groups is 1. The Balaban J connectivity index is 1.76. The fourth-order valence-electron chi connectivity index (χ4n) is 4.97. The number of carbonyl (C=O) groups excluding carboxylic acids is 1. The maximum Gasteiger partial charge on any atom is 0.162 e. The smallest absolute Gasteiger partial charge is 0.162 e. The number of rotatable bonds is 7. The van der Waals surface area contributed by atoms with Crippen LogP contribution in [-0.4, -0.2) is 30.9 Å². The molecule has 1 aliphatic heterocycles. The second-order valence-electron chi connectivity index (χ2n) is 10.0. The maximum atomic E-state index is 13.6. The van der Waals surface area contributed by atoms with E-state index < -0.39 is 5.92 Å². The molecule has 0 saturated carbocycles. The summed E-state index contributed by atoms with van der Waals surface area (Å²) in [5, 5.41) is 10.8. The molecule has 0 bridgehead atoms. The van der Waals surface area contributed by atoms with Crippen molar-refractivity contribution in [1.29, 1.82) is 5.26 Å². The molecule has 1 atom stereocenters. The number of Topliss-reactive ketones (excluding diaryl/α,β-unsaturated/α-hetero) is 1. The molecule has 2 aromatic rings. The molecule has 0 aromatic heterocycles. The molecule has 1 heterocycles. The molecular weight excluding hydrogens is 624 g/mol. The Hall–Kier alpha value is -2.25. The van der Waals surface area contributed by atoms with Crippen molar-refractivity contribution in [2.45, 2.75) is 39.2 Å². The van der Waals surface area contributed by atoms with Gasteiger partial charge in [-0.1, -0.05) is 49.2 Å². The summed E-state index contributed by atoms with van der Waals surface area (Å²) >= 11 is 15.6. The highest BCUT2D eigenvalue weighted by atomic mass is 127. The Morgan fingerprint density at radius 1 is 1.19 bits per heavy atom. The second kappa shape index (κ2) is 11.2. The Morgan fingerprint density at radius 2 is 1.84 bits per heavy atom. The molecule has 37 heavy (non-hydrogen) atoms. The van der Waals surface area contributed by atoms with Gasteiger partial charge in [0.15, 0.2) is 11.5 Å². The number of hydrogen-bond acceptors (Lipinski definition) is 6. The highest BCUT2D eigenvalue weighted by Gasteiger charge is 2.44. The van der Waals surface area contributed by atoms with Gasteiger partial charge in [-0.2, -0.15) is 5.26 Å². The van der Waals surface area contributed by atoms with E-state index in [9.17, 15) is 10.1 Å². The van der Waals surface area contributed by atoms with Crippen LogP contribution in [0.4, 0.5) is 0 Å². The van der Waals surface area contributed by atoms with Crippen molar-refractivity contribution in [2.24, 2.45) is 11.1 Å². The van der Waals surface area contributed by atoms with Gasteiger partial charge < -0.3 is 20.1 Å². The number of ether oxygens (including phenoxy) is 2. The first-order valence-electron chi connectivity index (χ1n) is 11.8. The van der Waals surface area contributed by atoms with Gasteiger partial charge >= 0.3 is 0 Å². The van der Waals surface area contributed by atoms with Crippen molar-refractivity contribution in [1.82, 2.24) is 4.90 Å². The minimum absolute atomic E-state index is 0.00908. The molecule has 0 amide bonds. The van der Waals surface area contributed by atoms with Gasteiger partial charge in [-0.3, -0.25) is 4.79 Å². The Labute approximate surface area is 241 Å². The van der Waals surface area contributed by atoms with Crippen molar-refractivity contribution in [2.75, 3.05) is 20.3 Å². The Morgan fingerprint density at radius 3 is 2.43 bits per heavy atom. The number of nitrogens with zero attached hydrogens (tertiary/aromatic N) is 2. The van der Waals surface area contributed by atoms with Gasteiger partial charge in [0, 0.05) is 34.9 Å². The number of ketones is 1. The molecule has 0 radical (unpaired) electrons. The van der Waals surface area contributed by atoms with Gasteiger partial charge in [-0.25, -0.2) is 0 Å². The molecule has 9 heteroatoms. The fourth-order valence-corrected chi connectivity index (χ4v) is 5.94. The first kappa shape index (κ1) is 27.8. The molecule has 0 fully saturated rings. The third-order valence-corrected chi connectivity index (χ3v) is 7.94. The maximum absolute atomic E-state index is 13.6. The molecule has 2 aromatic carbocycles. The summed E-state index contributed by atoms with van der Waals surface area (Å²) in [5.74, 6) is -0.00291. The van der Waals surface area contributed by atoms with Gasteiger partial charge in [0.2, 0.25) is 0 Å². The van der Waals surface area contributed by atoms with Gasteiger partial charge in [-0.15, -0.1) is 0 Å². The van der Waals surface area contributed by atoms with Crippen molar-refractivity contribution in [3.63, 3.8) is 0 Å². The van der Waals surface area contributed by atoms with E-state index in [2.05, 4.69) is 42.5 Å². The van der Waals surface area contributed by atoms with E-state index in [1.165, 1.54) is 0 Å². The molecule has 2 N–H and O–H groups in total. The van der Waals surface area contributed by atoms with E-state index in [4.69, 9.17) is 38.4 Å². The third-order valence-electron chi connectivity index (χ3n) is 6.66. The average molecular weight is 652 g/mol. The fraction of sp³-hybridized carbons (Fsp3) is 0.357. The number of nitrogens with two attached hydrogens (primary N) is 1. The van der Waals surface area contributed by atoms with Crippen LogP contribution in [0.1, 0.15) is 43.7 Å². The monoisotopic (exact) mass is 651 g/mol. The summed E-state index contributed by atoms with van der Waals surface area (Å²) in [6.07, 6.45) is 1.02. The zero-order valence-corrected chi connectivity index (χ0v) is 24.6. The lowest BCUT2D eigenvalue weighted by atomic mass is 9.68. The molecule has 0 spiro atoms. The van der Waals surface area contributed by atoms with Crippen LogP contribution in [0.2, 0.25) is 10.0 Å². The molecular formula is C28H28Cl2IN3O3. The molecule has 0 unspecified atom stereocenters. The summed E-state index contributed by atoms with van der Waals surface area (Å²) in [6, 6.07) is 13.6. The summed E-state index contributed by atoms with van der Waals surface area (Å²) < 4.78 is 12.4. The summed E-state index contributed by atoms with van der Waals surface area (Å²) in [4.78, 5) is 15.4. The van der Waals surface area contributed by atoms with Crippen molar-refractivity contribution in [3.8, 4) is 11.8 Å². The highest BCUT2D eigenvalue weighted by molar-refractivity contribution is 14.1. The number of hydrogen-bond donors (Lipinski definition) is 1.